The SMILES string of the molecule is CCCCCCN=C(N)Nc1ccc2cc3ccc(NC(N)=NCCCCCC)cc3nc2c1. The van der Waals surface area contributed by atoms with Crippen LogP contribution in [0, 0.1) is 0 Å². The van der Waals surface area contributed by atoms with Crippen molar-refractivity contribution < 1.29 is 0 Å². The van der Waals surface area contributed by atoms with Crippen LogP contribution in [0.25, 0.3) is 21.8 Å². The van der Waals surface area contributed by atoms with Crippen molar-refractivity contribution >= 4 is 45.1 Å². The number of pyridine rings is 1. The third-order valence-electron chi connectivity index (χ3n) is 5.75. The standard InChI is InChI=1S/C27H39N7/c1-3-5-7-9-15-30-26(28)32-22-13-11-20-17-21-12-14-23(19-25(21)34-24(20)18-22)33-27(29)31-16-10-8-6-4-2/h11-14,17-19H,3-10,15-16H2,1-2H3,(H3,28,30,32)(H3,29,31,33). The first kappa shape index (κ1) is 25.3. The molecule has 3 rings (SSSR count). The van der Waals surface area contributed by atoms with Gasteiger partial charge in [-0.25, -0.2) is 4.98 Å². The van der Waals surface area contributed by atoms with Crippen molar-refractivity contribution in [3.8, 4) is 0 Å². The van der Waals surface area contributed by atoms with E-state index in [-0.39, 0.29) is 0 Å². The fourth-order valence-electron chi connectivity index (χ4n) is 3.83. The lowest BCUT2D eigenvalue weighted by atomic mass is 10.1. The van der Waals surface area contributed by atoms with E-state index in [4.69, 9.17) is 16.5 Å². The van der Waals surface area contributed by atoms with Crippen LogP contribution in [0.1, 0.15) is 65.2 Å². The van der Waals surface area contributed by atoms with E-state index < -0.39 is 0 Å². The third-order valence-corrected chi connectivity index (χ3v) is 5.75. The number of nitrogens with one attached hydrogen (secondary N) is 2. The monoisotopic (exact) mass is 461 g/mol. The Bertz CT molecular complexity index is 1040. The molecule has 0 amide bonds. The molecule has 0 saturated carbocycles. The average Bonchev–Trinajstić information content (AvgIpc) is 2.82. The number of unbranched alkanes of at least 4 members (excludes halogenated alkanes) is 6. The van der Waals surface area contributed by atoms with Crippen LogP contribution in [0.5, 0.6) is 0 Å². The summed E-state index contributed by atoms with van der Waals surface area (Å²) >= 11 is 0. The molecule has 182 valence electrons. The molecule has 34 heavy (non-hydrogen) atoms. The summed E-state index contributed by atoms with van der Waals surface area (Å²) in [6, 6.07) is 14.2. The van der Waals surface area contributed by atoms with Crippen molar-refractivity contribution in [2.75, 3.05) is 23.7 Å². The maximum absolute atomic E-state index is 6.07. The third kappa shape index (κ3) is 7.90. The van der Waals surface area contributed by atoms with Crippen molar-refractivity contribution in [1.29, 1.82) is 0 Å². The second kappa shape index (κ2) is 13.4. The van der Waals surface area contributed by atoms with Gasteiger partial charge in [0.05, 0.1) is 11.0 Å². The lowest BCUT2D eigenvalue weighted by molar-refractivity contribution is 0.675. The fraction of sp³-hybridized carbons (Fsp3) is 0.444. The van der Waals surface area contributed by atoms with Gasteiger partial charge < -0.3 is 22.1 Å². The highest BCUT2D eigenvalue weighted by atomic mass is 15.1. The second-order valence-electron chi connectivity index (χ2n) is 8.71. The average molecular weight is 462 g/mol. The van der Waals surface area contributed by atoms with Crippen LogP contribution >= 0.6 is 0 Å². The molecule has 3 aromatic rings. The minimum Gasteiger partial charge on any atom is -0.370 e. The number of hydrogen-bond acceptors (Lipinski definition) is 3. The number of benzene rings is 2. The Hall–Kier alpha value is -3.35. The van der Waals surface area contributed by atoms with Crippen molar-refractivity contribution in [2.24, 2.45) is 21.5 Å². The Morgan fingerprint density at radius 1 is 0.676 bits per heavy atom. The van der Waals surface area contributed by atoms with Gasteiger partial charge in [0.1, 0.15) is 0 Å². The molecule has 7 nitrogen and oxygen atoms in total. The summed E-state index contributed by atoms with van der Waals surface area (Å²) < 4.78 is 0. The Morgan fingerprint density at radius 2 is 1.15 bits per heavy atom. The largest absolute Gasteiger partial charge is 0.370 e. The van der Waals surface area contributed by atoms with E-state index in [9.17, 15) is 0 Å². The van der Waals surface area contributed by atoms with Gasteiger partial charge in [-0.1, -0.05) is 64.5 Å². The van der Waals surface area contributed by atoms with E-state index in [2.05, 4.69) is 40.5 Å². The van der Waals surface area contributed by atoms with Gasteiger partial charge in [0.25, 0.3) is 0 Å². The number of hydrogen-bond donors (Lipinski definition) is 4. The summed E-state index contributed by atoms with van der Waals surface area (Å²) in [6.07, 6.45) is 9.41. The predicted molar refractivity (Wildman–Crippen MR) is 148 cm³/mol. The molecule has 0 radical (unpaired) electrons. The molecule has 0 saturated heterocycles. The van der Waals surface area contributed by atoms with Crippen molar-refractivity contribution in [1.82, 2.24) is 4.98 Å². The normalized spacial score (nSPS) is 12.4. The van der Waals surface area contributed by atoms with Gasteiger partial charge in [-0.15, -0.1) is 0 Å². The Morgan fingerprint density at radius 3 is 1.59 bits per heavy atom. The van der Waals surface area contributed by atoms with Gasteiger partial charge in [-0.2, -0.15) is 0 Å². The van der Waals surface area contributed by atoms with Crippen molar-refractivity contribution in [2.45, 2.75) is 65.2 Å². The molecule has 0 unspecified atom stereocenters. The highest BCUT2D eigenvalue weighted by molar-refractivity contribution is 5.99. The molecule has 7 heteroatoms. The van der Waals surface area contributed by atoms with E-state index in [0.29, 0.717) is 11.9 Å². The molecule has 0 aliphatic carbocycles. The first-order valence-corrected chi connectivity index (χ1v) is 12.6. The van der Waals surface area contributed by atoms with Crippen LogP contribution in [0.3, 0.4) is 0 Å². The number of guanidine groups is 2. The van der Waals surface area contributed by atoms with E-state index in [1.807, 2.05) is 36.4 Å². The Labute approximate surface area is 203 Å². The lowest BCUT2D eigenvalue weighted by Crippen LogP contribution is -2.22. The van der Waals surface area contributed by atoms with Crippen LogP contribution in [0.15, 0.2) is 52.4 Å². The maximum atomic E-state index is 6.07. The quantitative estimate of drug-likeness (QED) is 0.114. The van der Waals surface area contributed by atoms with E-state index in [1.165, 1.54) is 38.5 Å². The minimum atomic E-state index is 0.438. The first-order chi connectivity index (χ1) is 16.6. The highest BCUT2D eigenvalue weighted by Gasteiger charge is 2.05. The molecular weight excluding hydrogens is 422 g/mol. The zero-order valence-electron chi connectivity index (χ0n) is 20.6. The molecule has 0 aliphatic heterocycles. The highest BCUT2D eigenvalue weighted by Crippen LogP contribution is 2.24. The molecular formula is C27H39N7. The summed E-state index contributed by atoms with van der Waals surface area (Å²) in [7, 11) is 0. The summed E-state index contributed by atoms with van der Waals surface area (Å²) in [5.74, 6) is 0.875. The number of aliphatic imine (C=N–C) groups is 2. The van der Waals surface area contributed by atoms with Crippen LogP contribution in [-0.4, -0.2) is 30.0 Å². The summed E-state index contributed by atoms with van der Waals surface area (Å²) in [5.41, 5.74) is 15.7. The summed E-state index contributed by atoms with van der Waals surface area (Å²) in [6.45, 7) is 5.90. The van der Waals surface area contributed by atoms with Gasteiger partial charge in [0.15, 0.2) is 11.9 Å². The smallest absolute Gasteiger partial charge is 0.193 e. The van der Waals surface area contributed by atoms with E-state index in [0.717, 1.165) is 59.1 Å². The zero-order valence-corrected chi connectivity index (χ0v) is 20.6. The lowest BCUT2D eigenvalue weighted by Gasteiger charge is -2.09. The Balaban J connectivity index is 1.68. The van der Waals surface area contributed by atoms with Gasteiger partial charge >= 0.3 is 0 Å². The zero-order chi connectivity index (χ0) is 24.2. The van der Waals surface area contributed by atoms with E-state index >= 15 is 0 Å². The molecule has 0 bridgehead atoms. The van der Waals surface area contributed by atoms with E-state index in [1.54, 1.807) is 0 Å². The number of nitrogens with two attached hydrogens (primary N) is 2. The number of nitrogens with zero attached hydrogens (tertiary/aromatic N) is 3. The summed E-state index contributed by atoms with van der Waals surface area (Å²) in [5, 5.41) is 8.51. The molecule has 0 atom stereocenters. The fourth-order valence-corrected chi connectivity index (χ4v) is 3.83. The van der Waals surface area contributed by atoms with Crippen molar-refractivity contribution in [3.63, 3.8) is 0 Å². The van der Waals surface area contributed by atoms with Gasteiger partial charge in [0, 0.05) is 35.2 Å². The Kier molecular flexibility index (Phi) is 9.95. The summed E-state index contributed by atoms with van der Waals surface area (Å²) in [4.78, 5) is 13.7. The number of fused-ring (bicyclic) bond motifs is 2. The molecule has 6 N–H and O–H groups in total. The van der Waals surface area contributed by atoms with Gasteiger partial charge in [-0.3, -0.25) is 9.98 Å². The molecule has 0 spiro atoms. The van der Waals surface area contributed by atoms with Crippen molar-refractivity contribution in [3.05, 3.63) is 42.5 Å². The molecule has 2 aromatic carbocycles. The minimum absolute atomic E-state index is 0.438. The molecule has 1 aromatic heterocycles. The number of aromatic nitrogens is 1. The molecule has 0 fully saturated rings. The maximum Gasteiger partial charge on any atom is 0.193 e. The number of rotatable bonds is 12. The van der Waals surface area contributed by atoms with Crippen LogP contribution in [0.4, 0.5) is 11.4 Å². The van der Waals surface area contributed by atoms with Crippen LogP contribution in [0.2, 0.25) is 0 Å². The molecule has 0 aliphatic rings. The molecule has 1 heterocycles. The number of anilines is 2. The second-order valence-corrected chi connectivity index (χ2v) is 8.71. The van der Waals surface area contributed by atoms with Gasteiger partial charge in [-0.05, 0) is 43.2 Å². The topological polar surface area (TPSA) is 114 Å². The first-order valence-electron chi connectivity index (χ1n) is 12.6. The van der Waals surface area contributed by atoms with Gasteiger partial charge in [0.2, 0.25) is 0 Å². The van der Waals surface area contributed by atoms with Crippen LogP contribution in [-0.2, 0) is 0 Å². The van der Waals surface area contributed by atoms with Crippen LogP contribution < -0.4 is 22.1 Å². The predicted octanol–water partition coefficient (Wildman–Crippen LogP) is 6.00.